The second-order valence-corrected chi connectivity index (χ2v) is 14.0. The van der Waals surface area contributed by atoms with Crippen molar-refractivity contribution in [1.82, 2.24) is 10.2 Å². The monoisotopic (exact) mass is 643 g/mol. The SMILES string of the molecule is CC[C@H](C(=O)NC1CCCC1)N(Cc1ccc(Cl)cc1Cl)C(=O)CN(c1ccc(C)c(C)c1)S(=O)(=O)c1ccc(C)cc1. The molecule has 1 fully saturated rings. The fourth-order valence-corrected chi connectivity index (χ4v) is 7.24. The number of rotatable bonds is 11. The highest BCUT2D eigenvalue weighted by Gasteiger charge is 2.35. The largest absolute Gasteiger partial charge is 0.352 e. The molecule has 43 heavy (non-hydrogen) atoms. The molecule has 1 N–H and O–H groups in total. The first-order valence-electron chi connectivity index (χ1n) is 14.6. The van der Waals surface area contributed by atoms with Gasteiger partial charge in [-0.05, 0) is 93.1 Å². The molecule has 0 radical (unpaired) electrons. The molecule has 0 spiro atoms. The van der Waals surface area contributed by atoms with Crippen molar-refractivity contribution in [1.29, 1.82) is 0 Å². The van der Waals surface area contributed by atoms with E-state index in [1.807, 2.05) is 33.8 Å². The van der Waals surface area contributed by atoms with Crippen LogP contribution in [0, 0.1) is 20.8 Å². The maximum absolute atomic E-state index is 14.3. The van der Waals surface area contributed by atoms with E-state index in [1.54, 1.807) is 54.6 Å². The highest BCUT2D eigenvalue weighted by molar-refractivity contribution is 7.92. The van der Waals surface area contributed by atoms with Crippen molar-refractivity contribution >= 4 is 50.7 Å². The van der Waals surface area contributed by atoms with E-state index < -0.39 is 28.5 Å². The highest BCUT2D eigenvalue weighted by atomic mass is 35.5. The van der Waals surface area contributed by atoms with Crippen LogP contribution in [0.25, 0.3) is 0 Å². The van der Waals surface area contributed by atoms with Gasteiger partial charge in [0, 0.05) is 22.6 Å². The number of halogens is 2. The molecule has 3 aromatic rings. The van der Waals surface area contributed by atoms with Gasteiger partial charge in [-0.2, -0.15) is 0 Å². The third-order valence-corrected chi connectivity index (χ3v) is 10.5. The van der Waals surface area contributed by atoms with E-state index in [2.05, 4.69) is 5.32 Å². The summed E-state index contributed by atoms with van der Waals surface area (Å²) in [5.74, 6) is -0.777. The van der Waals surface area contributed by atoms with Crippen LogP contribution in [0.1, 0.15) is 61.3 Å². The lowest BCUT2D eigenvalue weighted by atomic mass is 10.1. The Bertz CT molecular complexity index is 1570. The van der Waals surface area contributed by atoms with E-state index in [1.165, 1.54) is 4.90 Å². The summed E-state index contributed by atoms with van der Waals surface area (Å²) in [6.07, 6.45) is 4.23. The van der Waals surface area contributed by atoms with Crippen LogP contribution < -0.4 is 9.62 Å². The Morgan fingerprint density at radius 3 is 2.21 bits per heavy atom. The van der Waals surface area contributed by atoms with Gasteiger partial charge in [0.15, 0.2) is 0 Å². The number of sulfonamides is 1. The van der Waals surface area contributed by atoms with Gasteiger partial charge in [0.1, 0.15) is 12.6 Å². The van der Waals surface area contributed by atoms with E-state index in [-0.39, 0.29) is 23.4 Å². The molecular weight excluding hydrogens is 605 g/mol. The second kappa shape index (κ2) is 14.1. The van der Waals surface area contributed by atoms with Crippen LogP contribution in [0.5, 0.6) is 0 Å². The number of hydrogen-bond acceptors (Lipinski definition) is 4. The van der Waals surface area contributed by atoms with Crippen molar-refractivity contribution in [2.75, 3.05) is 10.8 Å². The smallest absolute Gasteiger partial charge is 0.264 e. The average Bonchev–Trinajstić information content (AvgIpc) is 3.47. The van der Waals surface area contributed by atoms with Crippen molar-refractivity contribution in [3.05, 3.63) is 93.0 Å². The number of anilines is 1. The van der Waals surface area contributed by atoms with Gasteiger partial charge in [0.2, 0.25) is 11.8 Å². The minimum absolute atomic E-state index is 0.0107. The minimum Gasteiger partial charge on any atom is -0.352 e. The first kappa shape index (κ1) is 32.8. The zero-order chi connectivity index (χ0) is 31.3. The van der Waals surface area contributed by atoms with E-state index in [0.717, 1.165) is 46.7 Å². The Kier molecular flexibility index (Phi) is 10.8. The first-order valence-corrected chi connectivity index (χ1v) is 16.8. The molecule has 0 heterocycles. The van der Waals surface area contributed by atoms with Gasteiger partial charge in [-0.15, -0.1) is 0 Å². The molecule has 1 saturated carbocycles. The van der Waals surface area contributed by atoms with E-state index in [9.17, 15) is 18.0 Å². The van der Waals surface area contributed by atoms with Gasteiger partial charge in [0.25, 0.3) is 10.0 Å². The summed E-state index contributed by atoms with van der Waals surface area (Å²) < 4.78 is 29.3. The molecule has 1 atom stereocenters. The summed E-state index contributed by atoms with van der Waals surface area (Å²) in [7, 11) is -4.15. The fourth-order valence-electron chi connectivity index (χ4n) is 5.37. The van der Waals surface area contributed by atoms with Crippen LogP contribution >= 0.6 is 23.2 Å². The summed E-state index contributed by atoms with van der Waals surface area (Å²) in [5.41, 5.74) is 3.77. The quantitative estimate of drug-likeness (QED) is 0.244. The summed E-state index contributed by atoms with van der Waals surface area (Å²) in [6.45, 7) is 7.06. The zero-order valence-corrected chi connectivity index (χ0v) is 27.4. The maximum atomic E-state index is 14.3. The number of nitrogens with one attached hydrogen (secondary N) is 1. The van der Waals surface area contributed by atoms with Crippen LogP contribution in [0.2, 0.25) is 10.0 Å². The normalized spacial score (nSPS) is 14.4. The van der Waals surface area contributed by atoms with Crippen LogP contribution in [0.4, 0.5) is 5.69 Å². The number of amides is 2. The maximum Gasteiger partial charge on any atom is 0.264 e. The van der Waals surface area contributed by atoms with Crippen molar-refractivity contribution in [3.8, 4) is 0 Å². The molecular formula is C33H39Cl2N3O4S. The molecule has 7 nitrogen and oxygen atoms in total. The van der Waals surface area contributed by atoms with E-state index >= 15 is 0 Å². The first-order chi connectivity index (χ1) is 20.4. The molecule has 4 rings (SSSR count). The number of benzene rings is 3. The molecule has 0 unspecified atom stereocenters. The molecule has 0 aliphatic heterocycles. The van der Waals surface area contributed by atoms with E-state index in [4.69, 9.17) is 23.2 Å². The van der Waals surface area contributed by atoms with Crippen molar-refractivity contribution in [2.24, 2.45) is 0 Å². The van der Waals surface area contributed by atoms with Gasteiger partial charge < -0.3 is 10.2 Å². The molecule has 0 bridgehead atoms. The highest BCUT2D eigenvalue weighted by Crippen LogP contribution is 2.28. The second-order valence-electron chi connectivity index (χ2n) is 11.3. The molecule has 3 aromatic carbocycles. The number of nitrogens with zero attached hydrogens (tertiary/aromatic N) is 2. The topological polar surface area (TPSA) is 86.8 Å². The van der Waals surface area contributed by atoms with E-state index in [0.29, 0.717) is 27.7 Å². The Morgan fingerprint density at radius 2 is 1.60 bits per heavy atom. The molecule has 10 heteroatoms. The average molecular weight is 645 g/mol. The van der Waals surface area contributed by atoms with Gasteiger partial charge in [0.05, 0.1) is 10.6 Å². The molecule has 1 aliphatic carbocycles. The van der Waals surface area contributed by atoms with Crippen LogP contribution in [-0.4, -0.2) is 43.8 Å². The third kappa shape index (κ3) is 7.91. The van der Waals surface area contributed by atoms with Crippen molar-refractivity contribution < 1.29 is 18.0 Å². The van der Waals surface area contributed by atoms with Crippen LogP contribution in [0.15, 0.2) is 65.6 Å². The standard InChI is InChI=1S/C33H39Cl2N3O4S/c1-5-31(33(40)36-27-8-6-7-9-27)37(20-25-13-14-26(34)19-30(25)35)32(39)21-38(28-15-12-23(3)24(4)18-28)43(41,42)29-16-10-22(2)11-17-29/h10-19,27,31H,5-9,20-21H2,1-4H3,(H,36,40)/t31-/m1/s1. The number of hydrogen-bond donors (Lipinski definition) is 1. The molecule has 230 valence electrons. The molecule has 1 aliphatic rings. The van der Waals surface area contributed by atoms with Gasteiger partial charge in [-0.25, -0.2) is 8.42 Å². The van der Waals surface area contributed by atoms with Crippen molar-refractivity contribution in [3.63, 3.8) is 0 Å². The van der Waals surface area contributed by atoms with Gasteiger partial charge in [-0.3, -0.25) is 13.9 Å². The summed E-state index contributed by atoms with van der Waals surface area (Å²) in [6, 6.07) is 16.0. The summed E-state index contributed by atoms with van der Waals surface area (Å²) in [5, 5.41) is 3.92. The number of carbonyl (C=O) groups excluding carboxylic acids is 2. The van der Waals surface area contributed by atoms with Crippen molar-refractivity contribution in [2.45, 2.75) is 83.3 Å². The van der Waals surface area contributed by atoms with Gasteiger partial charge in [-0.1, -0.05) is 72.8 Å². The molecule has 0 aromatic heterocycles. The molecule has 2 amide bonds. The summed E-state index contributed by atoms with van der Waals surface area (Å²) >= 11 is 12.6. The third-order valence-electron chi connectivity index (χ3n) is 8.11. The Hall–Kier alpha value is -3.07. The molecule has 0 saturated heterocycles. The van der Waals surface area contributed by atoms with Crippen LogP contribution in [-0.2, 0) is 26.2 Å². The van der Waals surface area contributed by atoms with Crippen LogP contribution in [0.3, 0.4) is 0 Å². The number of carbonyl (C=O) groups is 2. The van der Waals surface area contributed by atoms with Gasteiger partial charge >= 0.3 is 0 Å². The summed E-state index contributed by atoms with van der Waals surface area (Å²) in [4.78, 5) is 29.4. The predicted octanol–water partition coefficient (Wildman–Crippen LogP) is 6.98. The lowest BCUT2D eigenvalue weighted by molar-refractivity contribution is -0.140. The minimum atomic E-state index is -4.15. The Balaban J connectivity index is 1.75. The Labute approximate surface area is 265 Å². The lowest BCUT2D eigenvalue weighted by Crippen LogP contribution is -2.53. The fraction of sp³-hybridized carbons (Fsp3) is 0.394. The lowest BCUT2D eigenvalue weighted by Gasteiger charge is -2.34. The Morgan fingerprint density at radius 1 is 0.930 bits per heavy atom. The number of aryl methyl sites for hydroxylation is 3. The zero-order valence-electron chi connectivity index (χ0n) is 25.1. The predicted molar refractivity (Wildman–Crippen MR) is 173 cm³/mol.